The summed E-state index contributed by atoms with van der Waals surface area (Å²) in [6.45, 7) is 1.41. The molecule has 0 saturated heterocycles. The second-order valence-corrected chi connectivity index (χ2v) is 7.69. The number of benzene rings is 1. The number of fused-ring (bicyclic) bond motifs is 1. The van der Waals surface area contributed by atoms with Crippen molar-refractivity contribution in [3.8, 4) is 6.07 Å². The molecule has 2 aromatic heterocycles. The van der Waals surface area contributed by atoms with Crippen molar-refractivity contribution in [1.82, 2.24) is 14.8 Å². The number of aromatic amines is 1. The Labute approximate surface area is 154 Å². The van der Waals surface area contributed by atoms with Crippen molar-refractivity contribution in [1.29, 1.82) is 5.26 Å². The van der Waals surface area contributed by atoms with Gasteiger partial charge in [-0.25, -0.2) is 13.1 Å². The van der Waals surface area contributed by atoms with Crippen LogP contribution in [0.3, 0.4) is 0 Å². The first-order valence-corrected chi connectivity index (χ1v) is 9.32. The number of halogens is 1. The van der Waals surface area contributed by atoms with Gasteiger partial charge in [-0.1, -0.05) is 11.6 Å². The van der Waals surface area contributed by atoms with Crippen LogP contribution in [-0.4, -0.2) is 34.9 Å². The van der Waals surface area contributed by atoms with E-state index in [1.54, 1.807) is 6.92 Å². The average Bonchev–Trinajstić information content (AvgIpc) is 3.21. The number of H-pyrrole nitrogens is 1. The summed E-state index contributed by atoms with van der Waals surface area (Å²) in [5, 5.41) is 23.0. The molecule has 9 nitrogen and oxygen atoms in total. The summed E-state index contributed by atoms with van der Waals surface area (Å²) in [6.07, 6.45) is 2.57. The number of aliphatic hydroxyl groups is 1. The van der Waals surface area contributed by atoms with Crippen molar-refractivity contribution < 1.29 is 13.5 Å². The van der Waals surface area contributed by atoms with Crippen molar-refractivity contribution in [2.24, 2.45) is 0 Å². The second-order valence-electron chi connectivity index (χ2n) is 5.63. The average molecular weight is 395 g/mol. The van der Waals surface area contributed by atoms with Crippen LogP contribution in [0.1, 0.15) is 18.5 Å². The van der Waals surface area contributed by atoms with Crippen LogP contribution in [-0.2, 0) is 10.0 Å². The summed E-state index contributed by atoms with van der Waals surface area (Å²) in [7, 11) is -4.05. The molecule has 0 saturated carbocycles. The lowest BCUT2D eigenvalue weighted by Gasteiger charge is -2.12. The fourth-order valence-corrected chi connectivity index (χ4v) is 3.96. The monoisotopic (exact) mass is 394 g/mol. The standard InChI is InChI=1S/C15H15ClN6O3S/c1-8(7-23)22-15(18)12(6-20-22)26(24,25)21-11-3-2-10(16)13-9(4-17)5-19-14(11)13/h2-3,5-6,8,19,21,23H,7,18H2,1H3/t8-/m1/s1. The maximum atomic E-state index is 12.7. The number of nitrogens with two attached hydrogens (primary N) is 1. The van der Waals surface area contributed by atoms with Gasteiger partial charge in [0.2, 0.25) is 0 Å². The highest BCUT2D eigenvalue weighted by atomic mass is 35.5. The second kappa shape index (κ2) is 6.53. The van der Waals surface area contributed by atoms with Gasteiger partial charge in [0.25, 0.3) is 10.0 Å². The molecule has 1 aromatic carbocycles. The summed E-state index contributed by atoms with van der Waals surface area (Å²) in [4.78, 5) is 2.64. The molecule has 0 aliphatic rings. The first kappa shape index (κ1) is 18.1. The Balaban J connectivity index is 2.06. The molecule has 136 valence electrons. The Morgan fingerprint density at radius 1 is 1.54 bits per heavy atom. The zero-order valence-corrected chi connectivity index (χ0v) is 15.1. The molecular weight excluding hydrogens is 380 g/mol. The summed E-state index contributed by atoms with van der Waals surface area (Å²) >= 11 is 6.12. The molecule has 0 aliphatic carbocycles. The number of nitriles is 1. The number of aliphatic hydroxyl groups excluding tert-OH is 1. The number of nitrogen functional groups attached to an aromatic ring is 1. The topological polar surface area (TPSA) is 150 Å². The lowest BCUT2D eigenvalue weighted by molar-refractivity contribution is 0.231. The van der Waals surface area contributed by atoms with Gasteiger partial charge in [-0.05, 0) is 19.1 Å². The Kier molecular flexibility index (Phi) is 4.53. The van der Waals surface area contributed by atoms with Gasteiger partial charge in [0, 0.05) is 11.6 Å². The van der Waals surface area contributed by atoms with Gasteiger partial charge in [0.05, 0.1) is 40.6 Å². The number of hydrogen-bond acceptors (Lipinski definition) is 6. The van der Waals surface area contributed by atoms with Gasteiger partial charge in [0.1, 0.15) is 16.8 Å². The van der Waals surface area contributed by atoms with Crippen LogP contribution in [0, 0.1) is 11.3 Å². The molecular formula is C15H15ClN6O3S. The van der Waals surface area contributed by atoms with Crippen molar-refractivity contribution in [3.05, 3.63) is 35.1 Å². The highest BCUT2D eigenvalue weighted by Gasteiger charge is 2.25. The largest absolute Gasteiger partial charge is 0.394 e. The molecule has 2 heterocycles. The van der Waals surface area contributed by atoms with E-state index in [1.165, 1.54) is 23.0 Å². The minimum absolute atomic E-state index is 0.0894. The Bertz CT molecular complexity index is 1130. The van der Waals surface area contributed by atoms with Crippen molar-refractivity contribution in [2.75, 3.05) is 17.1 Å². The number of anilines is 2. The summed E-state index contributed by atoms with van der Waals surface area (Å²) in [5.74, 6) is -0.0894. The van der Waals surface area contributed by atoms with Crippen LogP contribution >= 0.6 is 11.6 Å². The van der Waals surface area contributed by atoms with E-state index in [4.69, 9.17) is 22.6 Å². The molecule has 0 amide bonds. The number of rotatable bonds is 5. The number of nitrogens with zero attached hydrogens (tertiary/aromatic N) is 3. The molecule has 0 bridgehead atoms. The molecule has 3 rings (SSSR count). The molecule has 26 heavy (non-hydrogen) atoms. The van der Waals surface area contributed by atoms with Gasteiger partial charge in [-0.15, -0.1) is 0 Å². The van der Waals surface area contributed by atoms with E-state index in [9.17, 15) is 13.5 Å². The SMILES string of the molecule is C[C@H](CO)n1ncc(S(=O)(=O)Nc2ccc(Cl)c3c(C#N)c[nH]c23)c1N. The third-order valence-corrected chi connectivity index (χ3v) is 5.62. The molecule has 5 N–H and O–H groups in total. The quantitative estimate of drug-likeness (QED) is 0.518. The van der Waals surface area contributed by atoms with Gasteiger partial charge < -0.3 is 15.8 Å². The van der Waals surface area contributed by atoms with Crippen LogP contribution in [0.5, 0.6) is 0 Å². The minimum Gasteiger partial charge on any atom is -0.394 e. The Hall–Kier alpha value is -2.74. The third kappa shape index (κ3) is 2.86. The smallest absolute Gasteiger partial charge is 0.267 e. The predicted octanol–water partition coefficient (Wildman–Crippen LogP) is 1.83. The predicted molar refractivity (Wildman–Crippen MR) is 97.3 cm³/mol. The molecule has 0 spiro atoms. The van der Waals surface area contributed by atoms with E-state index in [1.807, 2.05) is 6.07 Å². The summed E-state index contributed by atoms with van der Waals surface area (Å²) in [6, 6.07) is 4.50. The van der Waals surface area contributed by atoms with Crippen LogP contribution in [0.25, 0.3) is 10.9 Å². The lowest BCUT2D eigenvalue weighted by Crippen LogP contribution is -2.17. The van der Waals surface area contributed by atoms with Crippen molar-refractivity contribution >= 4 is 44.0 Å². The number of sulfonamides is 1. The molecule has 0 radical (unpaired) electrons. The number of aromatic nitrogens is 3. The zero-order chi connectivity index (χ0) is 19.1. The first-order chi connectivity index (χ1) is 12.3. The van der Waals surface area contributed by atoms with Crippen molar-refractivity contribution in [3.63, 3.8) is 0 Å². The highest BCUT2D eigenvalue weighted by molar-refractivity contribution is 7.92. The third-order valence-electron chi connectivity index (χ3n) is 3.92. The van der Waals surface area contributed by atoms with Crippen LogP contribution in [0.4, 0.5) is 11.5 Å². The van der Waals surface area contributed by atoms with E-state index in [2.05, 4.69) is 14.8 Å². The molecule has 3 aromatic rings. The maximum absolute atomic E-state index is 12.7. The fraction of sp³-hybridized carbons (Fsp3) is 0.200. The fourth-order valence-electron chi connectivity index (χ4n) is 2.57. The van der Waals surface area contributed by atoms with Gasteiger partial charge in [-0.2, -0.15) is 10.4 Å². The Morgan fingerprint density at radius 2 is 2.27 bits per heavy atom. The highest BCUT2D eigenvalue weighted by Crippen LogP contribution is 2.33. The van der Waals surface area contributed by atoms with E-state index in [-0.39, 0.29) is 23.0 Å². The van der Waals surface area contributed by atoms with E-state index in [0.717, 1.165) is 6.20 Å². The van der Waals surface area contributed by atoms with Gasteiger partial charge >= 0.3 is 0 Å². The summed E-state index contributed by atoms with van der Waals surface area (Å²) < 4.78 is 29.1. The normalized spacial score (nSPS) is 12.8. The van der Waals surface area contributed by atoms with Crippen LogP contribution in [0.15, 0.2) is 29.4 Å². The zero-order valence-electron chi connectivity index (χ0n) is 13.6. The molecule has 0 unspecified atom stereocenters. The van der Waals surface area contributed by atoms with Crippen molar-refractivity contribution in [2.45, 2.75) is 17.9 Å². The van der Waals surface area contributed by atoms with Gasteiger partial charge in [0.15, 0.2) is 0 Å². The Morgan fingerprint density at radius 3 is 2.92 bits per heavy atom. The van der Waals surface area contributed by atoms with E-state index in [0.29, 0.717) is 21.5 Å². The van der Waals surface area contributed by atoms with Crippen LogP contribution in [0.2, 0.25) is 5.02 Å². The van der Waals surface area contributed by atoms with E-state index < -0.39 is 16.1 Å². The molecule has 1 atom stereocenters. The van der Waals surface area contributed by atoms with E-state index >= 15 is 0 Å². The lowest BCUT2D eigenvalue weighted by atomic mass is 10.1. The molecule has 0 aliphatic heterocycles. The van der Waals surface area contributed by atoms with Crippen LogP contribution < -0.4 is 10.5 Å². The minimum atomic E-state index is -4.05. The maximum Gasteiger partial charge on any atom is 0.267 e. The van der Waals surface area contributed by atoms with Gasteiger partial charge in [-0.3, -0.25) is 4.72 Å². The molecule has 11 heteroatoms. The summed E-state index contributed by atoms with van der Waals surface area (Å²) in [5.41, 5.74) is 6.78. The first-order valence-electron chi connectivity index (χ1n) is 7.46. The number of nitrogens with one attached hydrogen (secondary N) is 2. The molecule has 0 fully saturated rings. The number of hydrogen-bond donors (Lipinski definition) is 4.